The molecule has 9 nitrogen and oxygen atoms in total. The second-order valence-corrected chi connectivity index (χ2v) is 20.2. The van der Waals surface area contributed by atoms with E-state index in [4.69, 9.17) is 42.5 Å². The highest BCUT2D eigenvalue weighted by Crippen LogP contribution is 2.38. The lowest BCUT2D eigenvalue weighted by Gasteiger charge is -2.32. The van der Waals surface area contributed by atoms with E-state index in [2.05, 4.69) is 138 Å². The second-order valence-electron chi connectivity index (χ2n) is 19.4. The topological polar surface area (TPSA) is 109 Å². The van der Waals surface area contributed by atoms with Crippen molar-refractivity contribution in [1.29, 1.82) is 0 Å². The molecule has 6 heterocycles. The molecule has 12 aromatic rings. The normalized spacial score (nSPS) is 13.4. The molecular formula is C65H50BCl2N7O2. The van der Waals surface area contributed by atoms with Crippen LogP contribution in [0.25, 0.3) is 100 Å². The maximum atomic E-state index is 6.11. The first-order valence-electron chi connectivity index (χ1n) is 25.2. The van der Waals surface area contributed by atoms with Gasteiger partial charge in [-0.25, -0.2) is 19.9 Å². The van der Waals surface area contributed by atoms with Gasteiger partial charge in [0, 0.05) is 57.7 Å². The van der Waals surface area contributed by atoms with E-state index in [-0.39, 0.29) is 18.3 Å². The fourth-order valence-corrected chi connectivity index (χ4v) is 9.61. The number of nitrogens with zero attached hydrogens (tertiary/aromatic N) is 7. The van der Waals surface area contributed by atoms with Gasteiger partial charge in [0.25, 0.3) is 0 Å². The number of para-hydroxylation sites is 3. The van der Waals surface area contributed by atoms with Crippen molar-refractivity contribution in [2.75, 3.05) is 0 Å². The molecule has 13 rings (SSSR count). The van der Waals surface area contributed by atoms with Crippen LogP contribution < -0.4 is 5.46 Å². The van der Waals surface area contributed by atoms with Crippen molar-refractivity contribution >= 4 is 68.5 Å². The van der Waals surface area contributed by atoms with E-state index in [1.54, 1.807) is 0 Å². The zero-order chi connectivity index (χ0) is 52.9. The van der Waals surface area contributed by atoms with Gasteiger partial charge >= 0.3 is 7.12 Å². The summed E-state index contributed by atoms with van der Waals surface area (Å²) in [5, 5.41) is 3.89. The number of aromatic nitrogens is 7. The molecule has 5 aromatic heterocycles. The fraction of sp³-hybridized carbons (Fsp3) is 0.0923. The molecule has 1 aliphatic rings. The molecule has 0 aliphatic carbocycles. The van der Waals surface area contributed by atoms with Crippen LogP contribution in [-0.2, 0) is 9.31 Å². The van der Waals surface area contributed by atoms with Crippen molar-refractivity contribution in [2.24, 2.45) is 0 Å². The van der Waals surface area contributed by atoms with Gasteiger partial charge in [-0.3, -0.25) is 15.0 Å². The third-order valence-corrected chi connectivity index (χ3v) is 14.3. The molecule has 77 heavy (non-hydrogen) atoms. The van der Waals surface area contributed by atoms with Crippen LogP contribution >= 0.6 is 23.2 Å². The summed E-state index contributed by atoms with van der Waals surface area (Å²) < 4.78 is 12.2. The smallest absolute Gasteiger partial charge is 0.399 e. The van der Waals surface area contributed by atoms with Gasteiger partial charge < -0.3 is 9.31 Å². The summed E-state index contributed by atoms with van der Waals surface area (Å²) in [6.45, 7) is 8.26. The van der Waals surface area contributed by atoms with Crippen molar-refractivity contribution < 1.29 is 9.31 Å². The number of hydrogen-bond donors (Lipinski definition) is 0. The fourth-order valence-electron chi connectivity index (χ4n) is 9.19. The molecule has 0 radical (unpaired) electrons. The average Bonchev–Trinajstić information content (AvgIpc) is 3.70. The molecule has 1 aliphatic heterocycles. The maximum Gasteiger partial charge on any atom is 0.495 e. The quantitative estimate of drug-likeness (QED) is 0.114. The van der Waals surface area contributed by atoms with Crippen molar-refractivity contribution in [3.05, 3.63) is 241 Å². The Balaban J connectivity index is 0.000000136. The van der Waals surface area contributed by atoms with Crippen LogP contribution in [0.4, 0.5) is 0 Å². The number of rotatable bonds is 7. The van der Waals surface area contributed by atoms with Crippen LogP contribution in [0.1, 0.15) is 27.7 Å². The summed E-state index contributed by atoms with van der Waals surface area (Å²) in [6, 6.07) is 71.0. The van der Waals surface area contributed by atoms with Crippen molar-refractivity contribution in [2.45, 2.75) is 38.9 Å². The van der Waals surface area contributed by atoms with Gasteiger partial charge in [0.15, 0.2) is 11.6 Å². The lowest BCUT2D eigenvalue weighted by molar-refractivity contribution is 0.00578. The first kappa shape index (κ1) is 50.6. The molecule has 0 atom stereocenters. The molecule has 374 valence electrons. The van der Waals surface area contributed by atoms with E-state index in [1.165, 1.54) is 17.2 Å². The standard InChI is InChI=1S/C34H22N4.C16H10Cl2N2.C15H18BNO2/c1-2-8-23(9-3-1)24-14-16-25(17-15-24)34-37-32(28-18-20-35-30-12-6-4-10-26(28)30)22-33(38-34)29-19-21-36-31-13-7-5-11-27(29)31;17-14-10-15(18)20-16(19-14)13-8-6-12(7-9-13)11-4-2-1-3-5-11;1-14(2)15(3,4)19-16(18-14)12-9-10-17-13-8-6-5-7-11(12)13/h1-22H;1-10H;5-10H,1-4H3. The van der Waals surface area contributed by atoms with Crippen molar-refractivity contribution in [1.82, 2.24) is 34.9 Å². The van der Waals surface area contributed by atoms with Crippen LogP contribution in [0, 0.1) is 0 Å². The molecule has 0 bridgehead atoms. The molecule has 7 aromatic carbocycles. The third kappa shape index (κ3) is 11.1. The van der Waals surface area contributed by atoms with Gasteiger partial charge in [-0.15, -0.1) is 0 Å². The van der Waals surface area contributed by atoms with Gasteiger partial charge in [0.2, 0.25) is 0 Å². The van der Waals surface area contributed by atoms with Crippen LogP contribution in [0.3, 0.4) is 0 Å². The number of fused-ring (bicyclic) bond motifs is 3. The Bertz CT molecular complexity index is 3890. The van der Waals surface area contributed by atoms with Gasteiger partial charge in [0.1, 0.15) is 10.3 Å². The SMILES string of the molecule is CC1(C)OB(c2ccnc3ccccc23)OC1(C)C.Clc1cc(Cl)nc(-c2ccc(-c3ccccc3)cc2)n1.c1ccc(-c2ccc(-c3nc(-c4ccnc5ccccc45)cc(-c4ccnc5ccccc45)n3)cc2)cc1. The monoisotopic (exact) mass is 1040 g/mol. The molecular weight excluding hydrogens is 992 g/mol. The Kier molecular flexibility index (Phi) is 14.5. The lowest BCUT2D eigenvalue weighted by atomic mass is 9.77. The number of halogens is 2. The Morgan fingerprint density at radius 2 is 0.701 bits per heavy atom. The van der Waals surface area contributed by atoms with E-state index in [0.29, 0.717) is 22.0 Å². The zero-order valence-corrected chi connectivity index (χ0v) is 44.2. The Morgan fingerprint density at radius 1 is 0.351 bits per heavy atom. The molecule has 0 unspecified atom stereocenters. The number of pyridine rings is 3. The van der Waals surface area contributed by atoms with Crippen molar-refractivity contribution in [3.63, 3.8) is 0 Å². The third-order valence-electron chi connectivity index (χ3n) is 13.9. The lowest BCUT2D eigenvalue weighted by Crippen LogP contribution is -2.41. The second kappa shape index (κ2) is 22.0. The largest absolute Gasteiger partial charge is 0.495 e. The van der Waals surface area contributed by atoms with Gasteiger partial charge in [-0.1, -0.05) is 187 Å². The molecule has 1 saturated heterocycles. The molecule has 0 spiro atoms. The number of hydrogen-bond acceptors (Lipinski definition) is 9. The van der Waals surface area contributed by atoms with Crippen molar-refractivity contribution in [3.8, 4) is 67.5 Å². The molecule has 12 heteroatoms. The highest BCUT2D eigenvalue weighted by molar-refractivity contribution is 6.65. The minimum atomic E-state index is -0.335. The minimum Gasteiger partial charge on any atom is -0.399 e. The summed E-state index contributed by atoms with van der Waals surface area (Å²) in [5.41, 5.74) is 13.5. The highest BCUT2D eigenvalue weighted by atomic mass is 35.5. The van der Waals surface area contributed by atoms with Crippen LogP contribution in [0.5, 0.6) is 0 Å². The van der Waals surface area contributed by atoms with Gasteiger partial charge in [-0.05, 0) is 103 Å². The molecule has 0 N–H and O–H groups in total. The number of benzene rings is 7. The molecule has 0 amide bonds. The average molecular weight is 1040 g/mol. The maximum absolute atomic E-state index is 6.11. The first-order valence-corrected chi connectivity index (χ1v) is 26.0. The van der Waals surface area contributed by atoms with E-state index in [0.717, 1.165) is 82.9 Å². The van der Waals surface area contributed by atoms with Gasteiger partial charge in [-0.2, -0.15) is 0 Å². The first-order chi connectivity index (χ1) is 37.5. The van der Waals surface area contributed by atoms with Crippen LogP contribution in [-0.4, -0.2) is 53.2 Å². The van der Waals surface area contributed by atoms with Crippen LogP contribution in [0.2, 0.25) is 10.3 Å². The summed E-state index contributed by atoms with van der Waals surface area (Å²) in [6.07, 6.45) is 5.49. The van der Waals surface area contributed by atoms with E-state index in [1.807, 2.05) is 140 Å². The Morgan fingerprint density at radius 3 is 1.16 bits per heavy atom. The minimum absolute atomic E-state index is 0.317. The Hall–Kier alpha value is -8.51. The summed E-state index contributed by atoms with van der Waals surface area (Å²) in [5.74, 6) is 1.21. The van der Waals surface area contributed by atoms with E-state index >= 15 is 0 Å². The highest BCUT2D eigenvalue weighted by Gasteiger charge is 2.52. The molecule has 0 saturated carbocycles. The predicted molar refractivity (Wildman–Crippen MR) is 315 cm³/mol. The summed E-state index contributed by atoms with van der Waals surface area (Å²) in [4.78, 5) is 32.0. The van der Waals surface area contributed by atoms with Gasteiger partial charge in [0.05, 0.1) is 39.1 Å². The van der Waals surface area contributed by atoms with E-state index < -0.39 is 0 Å². The zero-order valence-electron chi connectivity index (χ0n) is 42.7. The molecule has 1 fully saturated rings. The predicted octanol–water partition coefficient (Wildman–Crippen LogP) is 15.9. The Labute approximate surface area is 457 Å². The van der Waals surface area contributed by atoms with E-state index in [9.17, 15) is 0 Å². The summed E-state index contributed by atoms with van der Waals surface area (Å²) in [7, 11) is -0.335. The summed E-state index contributed by atoms with van der Waals surface area (Å²) >= 11 is 11.8. The van der Waals surface area contributed by atoms with Crippen LogP contribution in [0.15, 0.2) is 231 Å².